The highest BCUT2D eigenvalue weighted by Gasteiger charge is 2.14. The van der Waals surface area contributed by atoms with E-state index in [2.05, 4.69) is 20.8 Å². The minimum absolute atomic E-state index is 0.0448. The molecular weight excluding hydrogens is 352 g/mol. The lowest BCUT2D eigenvalue weighted by Gasteiger charge is -2.19. The molecule has 0 bridgehead atoms. The molecule has 140 valence electrons. The van der Waals surface area contributed by atoms with Crippen LogP contribution in [0.5, 0.6) is 0 Å². The van der Waals surface area contributed by atoms with E-state index in [1.165, 1.54) is 11.8 Å². The average molecular weight is 376 g/mol. The zero-order chi connectivity index (χ0) is 19.1. The second kappa shape index (κ2) is 9.33. The van der Waals surface area contributed by atoms with Crippen LogP contribution in [0, 0.1) is 0 Å². The molecule has 0 saturated heterocycles. The van der Waals surface area contributed by atoms with Gasteiger partial charge >= 0.3 is 0 Å². The Hall–Kier alpha value is -2.42. The molecule has 0 unspecified atom stereocenters. The minimum atomic E-state index is -0.180. The smallest absolute Gasteiger partial charge is 0.253 e. The summed E-state index contributed by atoms with van der Waals surface area (Å²) in [7, 11) is 0. The topological polar surface area (TPSA) is 93.0 Å². The van der Waals surface area contributed by atoms with Gasteiger partial charge in [-0.05, 0) is 56.3 Å². The van der Waals surface area contributed by atoms with Crippen LogP contribution in [0.3, 0.4) is 0 Å². The predicted octanol–water partition coefficient (Wildman–Crippen LogP) is 2.47. The first-order valence-electron chi connectivity index (χ1n) is 8.56. The van der Waals surface area contributed by atoms with Crippen LogP contribution < -0.4 is 5.32 Å². The van der Waals surface area contributed by atoms with Gasteiger partial charge in [-0.25, -0.2) is 4.68 Å². The Morgan fingerprint density at radius 1 is 1.27 bits per heavy atom. The number of benzene rings is 1. The molecule has 2 aromatic rings. The van der Waals surface area contributed by atoms with Gasteiger partial charge in [0.25, 0.3) is 5.91 Å². The quantitative estimate of drug-likeness (QED) is 0.712. The molecule has 26 heavy (non-hydrogen) atoms. The van der Waals surface area contributed by atoms with E-state index < -0.39 is 0 Å². The normalized spacial score (nSPS) is 10.8. The minimum Gasteiger partial charge on any atom is -0.339 e. The summed E-state index contributed by atoms with van der Waals surface area (Å²) in [6, 6.07) is 7.10. The van der Waals surface area contributed by atoms with Gasteiger partial charge in [-0.1, -0.05) is 17.8 Å². The standard InChI is InChI=1S/C17H24N6O2S/c1-5-22(6-2)16(25)13-8-7-9-14(10-13)18-15(24)11-26-17-19-20-21-23(17)12(3)4/h7-10,12H,5-6,11H2,1-4H3,(H,18,24). The summed E-state index contributed by atoms with van der Waals surface area (Å²) in [6.07, 6.45) is 0. The summed E-state index contributed by atoms with van der Waals surface area (Å²) < 4.78 is 1.67. The van der Waals surface area contributed by atoms with E-state index in [1.807, 2.05) is 27.7 Å². The van der Waals surface area contributed by atoms with E-state index in [1.54, 1.807) is 33.8 Å². The van der Waals surface area contributed by atoms with Gasteiger partial charge in [0.2, 0.25) is 11.1 Å². The highest BCUT2D eigenvalue weighted by atomic mass is 32.2. The van der Waals surface area contributed by atoms with E-state index in [-0.39, 0.29) is 23.6 Å². The predicted molar refractivity (Wildman–Crippen MR) is 101 cm³/mol. The summed E-state index contributed by atoms with van der Waals surface area (Å²) in [5.74, 6) is -0.0428. The number of tetrazole rings is 1. The molecule has 2 rings (SSSR count). The number of thioether (sulfide) groups is 1. The first kappa shape index (κ1) is 19.9. The van der Waals surface area contributed by atoms with E-state index in [9.17, 15) is 9.59 Å². The number of nitrogens with one attached hydrogen (secondary N) is 1. The van der Waals surface area contributed by atoms with Crippen molar-refractivity contribution in [1.82, 2.24) is 25.1 Å². The zero-order valence-corrected chi connectivity index (χ0v) is 16.3. The van der Waals surface area contributed by atoms with Gasteiger partial charge in [0.05, 0.1) is 11.8 Å². The first-order valence-corrected chi connectivity index (χ1v) is 9.54. The highest BCUT2D eigenvalue weighted by Crippen LogP contribution is 2.18. The van der Waals surface area contributed by atoms with Gasteiger partial charge in [0, 0.05) is 24.3 Å². The summed E-state index contributed by atoms with van der Waals surface area (Å²) in [6.45, 7) is 9.11. The summed E-state index contributed by atoms with van der Waals surface area (Å²) in [5, 5.41) is 14.9. The number of nitrogens with zero attached hydrogens (tertiary/aromatic N) is 5. The number of anilines is 1. The molecule has 2 amide bonds. The Morgan fingerprint density at radius 3 is 2.65 bits per heavy atom. The van der Waals surface area contributed by atoms with Crippen LogP contribution in [0.1, 0.15) is 44.1 Å². The van der Waals surface area contributed by atoms with Crippen molar-refractivity contribution in [2.75, 3.05) is 24.2 Å². The second-order valence-electron chi connectivity index (χ2n) is 5.89. The number of hydrogen-bond acceptors (Lipinski definition) is 6. The number of amides is 2. The fourth-order valence-electron chi connectivity index (χ4n) is 2.36. The lowest BCUT2D eigenvalue weighted by Crippen LogP contribution is -2.30. The number of carbonyl (C=O) groups excluding carboxylic acids is 2. The number of hydrogen-bond donors (Lipinski definition) is 1. The van der Waals surface area contributed by atoms with Crippen LogP contribution in [0.2, 0.25) is 0 Å². The van der Waals surface area contributed by atoms with Crippen LogP contribution in [-0.2, 0) is 4.79 Å². The summed E-state index contributed by atoms with van der Waals surface area (Å²) >= 11 is 1.27. The van der Waals surface area contributed by atoms with Gasteiger partial charge in [-0.3, -0.25) is 9.59 Å². The van der Waals surface area contributed by atoms with Crippen molar-refractivity contribution in [2.24, 2.45) is 0 Å². The first-order chi connectivity index (χ1) is 12.5. The van der Waals surface area contributed by atoms with Crippen LogP contribution in [0.25, 0.3) is 0 Å². The molecule has 1 N–H and O–H groups in total. The van der Waals surface area contributed by atoms with Gasteiger partial charge in [0.15, 0.2) is 0 Å². The molecule has 9 heteroatoms. The maximum absolute atomic E-state index is 12.4. The van der Waals surface area contributed by atoms with E-state index >= 15 is 0 Å². The molecule has 0 aliphatic carbocycles. The molecule has 8 nitrogen and oxygen atoms in total. The van der Waals surface area contributed by atoms with E-state index in [0.717, 1.165) is 0 Å². The molecule has 0 aliphatic rings. The number of rotatable bonds is 8. The molecule has 0 radical (unpaired) electrons. The SMILES string of the molecule is CCN(CC)C(=O)c1cccc(NC(=O)CSc2nnnn2C(C)C)c1. The fraction of sp³-hybridized carbons (Fsp3) is 0.471. The van der Waals surface area contributed by atoms with E-state index in [4.69, 9.17) is 0 Å². The molecule has 0 fully saturated rings. The van der Waals surface area contributed by atoms with Crippen LogP contribution in [0.15, 0.2) is 29.4 Å². The van der Waals surface area contributed by atoms with Gasteiger partial charge < -0.3 is 10.2 Å². The van der Waals surface area contributed by atoms with Gasteiger partial charge in [-0.2, -0.15) is 0 Å². The van der Waals surface area contributed by atoms with Crippen molar-refractivity contribution in [2.45, 2.75) is 38.9 Å². The molecule has 1 aromatic heterocycles. The van der Waals surface area contributed by atoms with Crippen molar-refractivity contribution in [1.29, 1.82) is 0 Å². The molecule has 0 spiro atoms. The third-order valence-electron chi connectivity index (χ3n) is 3.73. The number of aromatic nitrogens is 4. The van der Waals surface area contributed by atoms with Gasteiger partial charge in [0.1, 0.15) is 0 Å². The maximum atomic E-state index is 12.4. The molecular formula is C17H24N6O2S. The zero-order valence-electron chi connectivity index (χ0n) is 15.5. The van der Waals surface area contributed by atoms with E-state index in [0.29, 0.717) is 29.5 Å². The molecule has 0 saturated carbocycles. The largest absolute Gasteiger partial charge is 0.339 e. The fourth-order valence-corrected chi connectivity index (χ4v) is 3.16. The average Bonchev–Trinajstić information content (AvgIpc) is 3.10. The lowest BCUT2D eigenvalue weighted by molar-refractivity contribution is -0.113. The lowest BCUT2D eigenvalue weighted by atomic mass is 10.1. The molecule has 0 atom stereocenters. The monoisotopic (exact) mass is 376 g/mol. The number of carbonyl (C=O) groups is 2. The van der Waals surface area contributed by atoms with Gasteiger partial charge in [-0.15, -0.1) is 5.10 Å². The second-order valence-corrected chi connectivity index (χ2v) is 6.84. The van der Waals surface area contributed by atoms with Crippen molar-refractivity contribution in [3.8, 4) is 0 Å². The Kier molecular flexibility index (Phi) is 7.14. The van der Waals surface area contributed by atoms with Crippen LogP contribution >= 0.6 is 11.8 Å². The Bertz CT molecular complexity index is 757. The Balaban J connectivity index is 1.98. The van der Waals surface area contributed by atoms with Crippen molar-refractivity contribution < 1.29 is 9.59 Å². The van der Waals surface area contributed by atoms with Crippen molar-refractivity contribution in [3.63, 3.8) is 0 Å². The van der Waals surface area contributed by atoms with Crippen molar-refractivity contribution in [3.05, 3.63) is 29.8 Å². The highest BCUT2D eigenvalue weighted by molar-refractivity contribution is 7.99. The Morgan fingerprint density at radius 2 is 2.00 bits per heavy atom. The van der Waals surface area contributed by atoms with Crippen molar-refractivity contribution >= 4 is 29.3 Å². The Labute approximate surface area is 157 Å². The molecule has 0 aliphatic heterocycles. The molecule has 1 aromatic carbocycles. The summed E-state index contributed by atoms with van der Waals surface area (Å²) in [4.78, 5) is 26.4. The third kappa shape index (κ3) is 5.04. The molecule has 1 heterocycles. The maximum Gasteiger partial charge on any atom is 0.253 e. The summed E-state index contributed by atoms with van der Waals surface area (Å²) in [5.41, 5.74) is 1.15. The van der Waals surface area contributed by atoms with Crippen LogP contribution in [-0.4, -0.2) is 55.8 Å². The third-order valence-corrected chi connectivity index (χ3v) is 4.66. The van der Waals surface area contributed by atoms with Crippen LogP contribution in [0.4, 0.5) is 5.69 Å².